The average Bonchev–Trinajstić information content (AvgIpc) is 2.08. The van der Waals surface area contributed by atoms with Gasteiger partial charge in [0.25, 0.3) is 0 Å². The highest BCUT2D eigenvalue weighted by atomic mass is 28.3. The maximum Gasteiger partial charge on any atom is 0.304 e. The van der Waals surface area contributed by atoms with E-state index in [4.69, 9.17) is 8.85 Å². The topological polar surface area (TPSA) is 36.9 Å². The largest absolute Gasteiger partial charge is 0.402 e. The first-order chi connectivity index (χ1) is 5.83. The summed E-state index contributed by atoms with van der Waals surface area (Å²) in [4.78, 5) is 0. The van der Waals surface area contributed by atoms with Crippen LogP contribution in [0.3, 0.4) is 0 Å². The van der Waals surface area contributed by atoms with E-state index in [2.05, 4.69) is 8.85 Å². The normalized spacial score (nSPS) is 9.00. The molecule has 0 heterocycles. The molecule has 0 aromatic rings. The molecule has 0 bridgehead atoms. The lowest BCUT2D eigenvalue weighted by atomic mass is 10.9. The molecular weight excluding hydrogens is 192 g/mol. The summed E-state index contributed by atoms with van der Waals surface area (Å²) in [5.41, 5.74) is 0. The van der Waals surface area contributed by atoms with E-state index >= 15 is 0 Å². The number of hydrogen-bond donors (Lipinski definition) is 0. The second-order valence-electron chi connectivity index (χ2n) is 1.80. The van der Waals surface area contributed by atoms with Crippen molar-refractivity contribution in [1.29, 1.82) is 0 Å². The molecule has 0 aliphatic rings. The summed E-state index contributed by atoms with van der Waals surface area (Å²) < 4.78 is 19.2. The van der Waals surface area contributed by atoms with E-state index in [0.29, 0.717) is 0 Å². The van der Waals surface area contributed by atoms with Crippen LogP contribution in [0.15, 0.2) is 0 Å². The van der Waals surface area contributed by atoms with Gasteiger partial charge in [0, 0.05) is 27.4 Å². The molecule has 0 aromatic heterocycles. The molecule has 0 saturated heterocycles. The van der Waals surface area contributed by atoms with Crippen molar-refractivity contribution in [3.05, 3.63) is 0 Å². The molecular formula is C6H20O4Si2. The van der Waals surface area contributed by atoms with Crippen LogP contribution in [0, 0.1) is 0 Å². The van der Waals surface area contributed by atoms with E-state index in [0.717, 1.165) is 13.2 Å². The third-order valence-corrected chi connectivity index (χ3v) is 2.43. The summed E-state index contributed by atoms with van der Waals surface area (Å²) in [5, 5.41) is 0. The molecule has 0 unspecified atom stereocenters. The van der Waals surface area contributed by atoms with Gasteiger partial charge in [0.2, 0.25) is 0 Å². The summed E-state index contributed by atoms with van der Waals surface area (Å²) in [5.74, 6) is 0. The molecule has 0 aliphatic carbocycles. The van der Waals surface area contributed by atoms with E-state index in [9.17, 15) is 0 Å². The summed E-state index contributed by atoms with van der Waals surface area (Å²) in [6.07, 6.45) is 0. The molecule has 6 heteroatoms. The summed E-state index contributed by atoms with van der Waals surface area (Å²) in [7, 11) is 2.14. The van der Waals surface area contributed by atoms with Gasteiger partial charge in [-0.15, -0.1) is 0 Å². The van der Waals surface area contributed by atoms with E-state index < -0.39 is 20.0 Å². The molecule has 4 nitrogen and oxygen atoms in total. The highest BCUT2D eigenvalue weighted by Gasteiger charge is 1.79. The highest BCUT2D eigenvalue weighted by molar-refractivity contribution is 6.18. The fraction of sp³-hybridized carbons (Fsp3) is 1.00. The van der Waals surface area contributed by atoms with Gasteiger partial charge in [-0.25, -0.2) is 0 Å². The molecule has 0 rings (SSSR count). The first-order valence-corrected chi connectivity index (χ1v) is 6.27. The van der Waals surface area contributed by atoms with Gasteiger partial charge in [-0.2, -0.15) is 0 Å². The van der Waals surface area contributed by atoms with E-state index in [-0.39, 0.29) is 0 Å². The van der Waals surface area contributed by atoms with E-state index in [1.54, 1.807) is 14.2 Å². The van der Waals surface area contributed by atoms with Crippen molar-refractivity contribution in [2.75, 3.05) is 27.4 Å². The Morgan fingerprint density at radius 1 is 0.833 bits per heavy atom. The third kappa shape index (κ3) is 22.4. The molecule has 0 aromatic carbocycles. The second-order valence-corrected chi connectivity index (χ2v) is 4.24. The van der Waals surface area contributed by atoms with Crippen molar-refractivity contribution in [1.82, 2.24) is 0 Å². The van der Waals surface area contributed by atoms with Gasteiger partial charge in [-0.05, 0) is 13.8 Å². The molecule has 12 heavy (non-hydrogen) atoms. The van der Waals surface area contributed by atoms with Gasteiger partial charge in [0.05, 0.1) is 0 Å². The van der Waals surface area contributed by atoms with Crippen molar-refractivity contribution in [3.8, 4) is 0 Å². The van der Waals surface area contributed by atoms with Gasteiger partial charge in [-0.1, -0.05) is 0 Å². The molecule has 0 atom stereocenters. The first-order valence-electron chi connectivity index (χ1n) is 3.96. The number of hydrogen-bond acceptors (Lipinski definition) is 4. The Hall–Kier alpha value is 0.274. The minimum atomic E-state index is -0.589. The van der Waals surface area contributed by atoms with Gasteiger partial charge in [0.1, 0.15) is 0 Å². The molecule has 0 saturated carbocycles. The molecule has 0 aliphatic heterocycles. The van der Waals surface area contributed by atoms with Crippen LogP contribution in [0.2, 0.25) is 0 Å². The van der Waals surface area contributed by atoms with Crippen LogP contribution in [0.5, 0.6) is 0 Å². The van der Waals surface area contributed by atoms with Crippen molar-refractivity contribution >= 4 is 20.0 Å². The molecule has 0 spiro atoms. The smallest absolute Gasteiger partial charge is 0.304 e. The third-order valence-electron chi connectivity index (χ3n) is 0.811. The zero-order chi connectivity index (χ0) is 9.66. The van der Waals surface area contributed by atoms with Crippen molar-refractivity contribution in [3.63, 3.8) is 0 Å². The van der Waals surface area contributed by atoms with Gasteiger partial charge in [0.15, 0.2) is 0 Å². The van der Waals surface area contributed by atoms with Crippen molar-refractivity contribution in [2.24, 2.45) is 0 Å². The summed E-state index contributed by atoms with van der Waals surface area (Å²) in [6.45, 7) is 5.55. The van der Waals surface area contributed by atoms with Crippen LogP contribution in [0.4, 0.5) is 0 Å². The average molecular weight is 212 g/mol. The fourth-order valence-electron chi connectivity index (χ4n) is 0.343. The van der Waals surface area contributed by atoms with Crippen molar-refractivity contribution in [2.45, 2.75) is 13.8 Å². The van der Waals surface area contributed by atoms with Crippen LogP contribution < -0.4 is 0 Å². The predicted octanol–water partition coefficient (Wildman–Crippen LogP) is -0.664. The van der Waals surface area contributed by atoms with Gasteiger partial charge < -0.3 is 17.7 Å². The summed E-state index contributed by atoms with van der Waals surface area (Å²) >= 11 is 0. The lowest BCUT2D eigenvalue weighted by Gasteiger charge is -1.96. The molecule has 0 N–H and O–H groups in total. The summed E-state index contributed by atoms with van der Waals surface area (Å²) in [6, 6.07) is 0. The Labute approximate surface area is 79.7 Å². The van der Waals surface area contributed by atoms with Gasteiger partial charge in [-0.3, -0.25) is 0 Å². The van der Waals surface area contributed by atoms with E-state index in [1.165, 1.54) is 0 Å². The Bertz CT molecular complexity index is 59.5. The molecule has 0 fully saturated rings. The zero-order valence-electron chi connectivity index (χ0n) is 8.46. The van der Waals surface area contributed by atoms with Gasteiger partial charge >= 0.3 is 20.0 Å². The molecule has 0 amide bonds. The van der Waals surface area contributed by atoms with Crippen LogP contribution in [0.25, 0.3) is 0 Å². The zero-order valence-corrected chi connectivity index (χ0v) is 11.3. The van der Waals surface area contributed by atoms with Crippen LogP contribution in [0.1, 0.15) is 13.8 Å². The molecule has 0 radical (unpaired) electrons. The van der Waals surface area contributed by atoms with Crippen LogP contribution in [-0.4, -0.2) is 47.4 Å². The lowest BCUT2D eigenvalue weighted by molar-refractivity contribution is 0.240. The SMILES string of the molecule is CCO[SiH2]OCC.CO[SiH2]OC. The van der Waals surface area contributed by atoms with Crippen LogP contribution in [-0.2, 0) is 17.7 Å². The Balaban J connectivity index is 0. The lowest BCUT2D eigenvalue weighted by Crippen LogP contribution is -2.02. The Kier molecular flexibility index (Phi) is 21.4. The minimum absolute atomic E-state index is 0.568. The standard InChI is InChI=1S/C4H12O2Si.C2H8O2Si/c1-3-5-7-6-4-2;1-3-5-4-2/h3-4,7H2,1-2H3;5H2,1-2H3. The minimum Gasteiger partial charge on any atom is -0.402 e. The Morgan fingerprint density at radius 3 is 1.42 bits per heavy atom. The monoisotopic (exact) mass is 212 g/mol. The number of rotatable bonds is 6. The maximum atomic E-state index is 4.99. The van der Waals surface area contributed by atoms with Crippen molar-refractivity contribution < 1.29 is 17.7 Å². The quantitative estimate of drug-likeness (QED) is 0.432. The second kappa shape index (κ2) is 17.4. The highest BCUT2D eigenvalue weighted by Crippen LogP contribution is 1.70. The Morgan fingerprint density at radius 2 is 1.25 bits per heavy atom. The predicted molar refractivity (Wildman–Crippen MR) is 54.4 cm³/mol. The molecule has 76 valence electrons. The van der Waals surface area contributed by atoms with Crippen LogP contribution >= 0.6 is 0 Å². The first kappa shape index (κ1) is 14.8. The van der Waals surface area contributed by atoms with E-state index in [1.807, 2.05) is 13.8 Å². The maximum absolute atomic E-state index is 4.99. The fourth-order valence-corrected chi connectivity index (χ4v) is 1.03.